The van der Waals surface area contributed by atoms with Crippen molar-refractivity contribution in [2.24, 2.45) is 40.9 Å². The van der Waals surface area contributed by atoms with Gasteiger partial charge in [0.1, 0.15) is 0 Å². The maximum atomic E-state index is 2.46. The molecule has 8 atom stereocenters. The summed E-state index contributed by atoms with van der Waals surface area (Å²) in [6.45, 7) is 2.35. The van der Waals surface area contributed by atoms with E-state index in [1.807, 2.05) is 0 Å². The zero-order valence-corrected chi connectivity index (χ0v) is 15.9. The zero-order valence-electron chi connectivity index (χ0n) is 15.9. The molecule has 0 aromatic heterocycles. The highest BCUT2D eigenvalue weighted by Gasteiger charge is 2.68. The first-order valence-corrected chi connectivity index (χ1v) is 11.3. The molecule has 5 saturated carbocycles. The van der Waals surface area contributed by atoms with Gasteiger partial charge in [-0.25, -0.2) is 0 Å². The van der Waals surface area contributed by atoms with Crippen molar-refractivity contribution in [1.29, 1.82) is 0 Å². The number of fused-ring (bicyclic) bond motifs is 2. The molecule has 1 spiro atoms. The Morgan fingerprint density at radius 1 is 0.760 bits per heavy atom. The SMILES string of the molecule is Cc1ccccc1C1C[C@@H]2CC3CCCC3C23C2CCCC2C[C@@H]3C1. The topological polar surface area (TPSA) is 0 Å². The minimum atomic E-state index is 0.807. The van der Waals surface area contributed by atoms with E-state index in [1.54, 1.807) is 62.5 Å². The lowest BCUT2D eigenvalue weighted by Gasteiger charge is -2.52. The molecular weight excluding hydrogens is 300 g/mol. The van der Waals surface area contributed by atoms with Crippen LogP contribution < -0.4 is 0 Å². The van der Waals surface area contributed by atoms with Crippen LogP contribution >= 0.6 is 0 Å². The van der Waals surface area contributed by atoms with Crippen LogP contribution in [-0.4, -0.2) is 0 Å². The molecule has 5 fully saturated rings. The standard InChI is InChI=1S/C25H34/c1-16-6-2-3-9-22(16)19-14-20-12-17-7-4-10-23(17)25(20)21(15-19)13-18-8-5-11-24(18)25/h2-3,6,9,17-21,23-24H,4-5,7-8,10-15H2,1H3/t17?,18?,19?,20-,21+,23?,24?,25?. The smallest absolute Gasteiger partial charge is 0.0154 e. The van der Waals surface area contributed by atoms with Crippen LogP contribution in [0, 0.1) is 47.8 Å². The molecule has 0 heterocycles. The molecule has 1 aromatic rings. The van der Waals surface area contributed by atoms with Crippen LogP contribution in [0.15, 0.2) is 24.3 Å². The van der Waals surface area contributed by atoms with E-state index >= 15 is 0 Å². The van der Waals surface area contributed by atoms with E-state index in [9.17, 15) is 0 Å². The van der Waals surface area contributed by atoms with Crippen molar-refractivity contribution < 1.29 is 0 Å². The highest BCUT2D eigenvalue weighted by molar-refractivity contribution is 5.31. The van der Waals surface area contributed by atoms with E-state index in [0.29, 0.717) is 0 Å². The molecule has 6 rings (SSSR count). The largest absolute Gasteiger partial charge is 0.0620 e. The summed E-state index contributed by atoms with van der Waals surface area (Å²) in [4.78, 5) is 0. The molecule has 6 unspecified atom stereocenters. The third kappa shape index (κ3) is 1.90. The Morgan fingerprint density at radius 2 is 1.36 bits per heavy atom. The molecule has 0 aliphatic heterocycles. The van der Waals surface area contributed by atoms with Crippen LogP contribution in [-0.2, 0) is 0 Å². The maximum Gasteiger partial charge on any atom is -0.0154 e. The minimum absolute atomic E-state index is 0.807. The number of rotatable bonds is 1. The van der Waals surface area contributed by atoms with Gasteiger partial charge in [-0.3, -0.25) is 0 Å². The molecular formula is C25H34. The lowest BCUT2D eigenvalue weighted by molar-refractivity contribution is -0.0227. The molecule has 0 bridgehead atoms. The van der Waals surface area contributed by atoms with Crippen LogP contribution in [0.1, 0.15) is 81.3 Å². The van der Waals surface area contributed by atoms with E-state index in [2.05, 4.69) is 31.2 Å². The molecule has 134 valence electrons. The first-order chi connectivity index (χ1) is 12.3. The lowest BCUT2D eigenvalue weighted by Crippen LogP contribution is -2.45. The molecule has 0 radical (unpaired) electrons. The van der Waals surface area contributed by atoms with Crippen molar-refractivity contribution in [1.82, 2.24) is 0 Å². The highest BCUT2D eigenvalue weighted by atomic mass is 14.7. The van der Waals surface area contributed by atoms with Gasteiger partial charge in [-0.15, -0.1) is 0 Å². The zero-order chi connectivity index (χ0) is 16.6. The summed E-state index contributed by atoms with van der Waals surface area (Å²) in [5.41, 5.74) is 4.06. The van der Waals surface area contributed by atoms with E-state index in [-0.39, 0.29) is 0 Å². The first-order valence-electron chi connectivity index (χ1n) is 11.3. The average Bonchev–Trinajstić information content (AvgIpc) is 3.33. The van der Waals surface area contributed by atoms with Gasteiger partial charge >= 0.3 is 0 Å². The van der Waals surface area contributed by atoms with Gasteiger partial charge in [-0.05, 0) is 103 Å². The fraction of sp³-hybridized carbons (Fsp3) is 0.760. The van der Waals surface area contributed by atoms with E-state index in [4.69, 9.17) is 0 Å². The molecule has 25 heavy (non-hydrogen) atoms. The monoisotopic (exact) mass is 334 g/mol. The van der Waals surface area contributed by atoms with E-state index < -0.39 is 0 Å². The normalized spacial score (nSPS) is 50.4. The third-order valence-electron chi connectivity index (χ3n) is 9.96. The van der Waals surface area contributed by atoms with Gasteiger partial charge in [0.05, 0.1) is 0 Å². The van der Waals surface area contributed by atoms with E-state index in [0.717, 1.165) is 46.8 Å². The van der Waals surface area contributed by atoms with Crippen molar-refractivity contribution in [3.05, 3.63) is 35.4 Å². The Balaban J connectivity index is 1.42. The predicted molar refractivity (Wildman–Crippen MR) is 103 cm³/mol. The van der Waals surface area contributed by atoms with Gasteiger partial charge in [-0.2, -0.15) is 0 Å². The number of aryl methyl sites for hydroxylation is 1. The summed E-state index contributed by atoms with van der Waals surface area (Å²) in [5, 5.41) is 0. The number of benzene rings is 1. The van der Waals surface area contributed by atoms with Crippen molar-refractivity contribution in [3.63, 3.8) is 0 Å². The summed E-state index contributed by atoms with van der Waals surface area (Å²) >= 11 is 0. The maximum absolute atomic E-state index is 2.46. The van der Waals surface area contributed by atoms with Crippen LogP contribution in [0.3, 0.4) is 0 Å². The molecule has 0 heteroatoms. The summed E-state index contributed by atoms with van der Waals surface area (Å²) < 4.78 is 0. The molecule has 1 aromatic carbocycles. The number of hydrogen-bond acceptors (Lipinski definition) is 0. The molecule has 5 aliphatic carbocycles. The van der Waals surface area contributed by atoms with Crippen molar-refractivity contribution in [3.8, 4) is 0 Å². The second-order valence-corrected chi connectivity index (χ2v) is 10.5. The Morgan fingerprint density at radius 3 is 1.96 bits per heavy atom. The first kappa shape index (κ1) is 15.3. The van der Waals surface area contributed by atoms with Crippen molar-refractivity contribution >= 4 is 0 Å². The Kier molecular flexibility index (Phi) is 3.28. The quantitative estimate of drug-likeness (QED) is 0.534. The van der Waals surface area contributed by atoms with Crippen LogP contribution in [0.2, 0.25) is 0 Å². The highest BCUT2D eigenvalue weighted by Crippen LogP contribution is 2.76. The predicted octanol–water partition coefficient (Wildman–Crippen LogP) is 6.73. The van der Waals surface area contributed by atoms with Crippen LogP contribution in [0.25, 0.3) is 0 Å². The molecule has 0 N–H and O–H groups in total. The van der Waals surface area contributed by atoms with Gasteiger partial charge in [0.15, 0.2) is 0 Å². The molecule has 0 nitrogen and oxygen atoms in total. The number of hydrogen-bond donors (Lipinski definition) is 0. The molecule has 0 saturated heterocycles. The Hall–Kier alpha value is -0.780. The summed E-state index contributed by atoms with van der Waals surface area (Å²) in [6.07, 6.45) is 15.7. The van der Waals surface area contributed by atoms with Crippen molar-refractivity contribution in [2.75, 3.05) is 0 Å². The molecule has 5 aliphatic rings. The second kappa shape index (κ2) is 5.37. The average molecular weight is 335 g/mol. The Labute approximate surface area is 153 Å². The second-order valence-electron chi connectivity index (χ2n) is 10.5. The summed E-state index contributed by atoms with van der Waals surface area (Å²) in [6, 6.07) is 9.32. The van der Waals surface area contributed by atoms with Crippen LogP contribution in [0.4, 0.5) is 0 Å². The van der Waals surface area contributed by atoms with E-state index in [1.165, 1.54) is 12.8 Å². The van der Waals surface area contributed by atoms with Gasteiger partial charge in [0.2, 0.25) is 0 Å². The minimum Gasteiger partial charge on any atom is -0.0620 e. The van der Waals surface area contributed by atoms with Crippen molar-refractivity contribution in [2.45, 2.75) is 77.0 Å². The van der Waals surface area contributed by atoms with Crippen LogP contribution in [0.5, 0.6) is 0 Å². The fourth-order valence-electron chi connectivity index (χ4n) is 9.60. The van der Waals surface area contributed by atoms with Gasteiger partial charge < -0.3 is 0 Å². The molecule has 0 amide bonds. The Bertz CT molecular complexity index is 636. The van der Waals surface area contributed by atoms with Gasteiger partial charge in [-0.1, -0.05) is 49.9 Å². The van der Waals surface area contributed by atoms with Gasteiger partial charge in [0, 0.05) is 0 Å². The third-order valence-corrected chi connectivity index (χ3v) is 9.96. The lowest BCUT2D eigenvalue weighted by atomic mass is 9.52. The summed E-state index contributed by atoms with van der Waals surface area (Å²) in [5.74, 6) is 7.49. The summed E-state index contributed by atoms with van der Waals surface area (Å²) in [7, 11) is 0. The van der Waals surface area contributed by atoms with Gasteiger partial charge in [0.25, 0.3) is 0 Å². The fourth-order valence-corrected chi connectivity index (χ4v) is 9.60.